The molecule has 13 heavy (non-hydrogen) atoms. The van der Waals surface area contributed by atoms with Crippen molar-refractivity contribution in [1.82, 2.24) is 4.90 Å². The molecule has 3 heteroatoms. The first-order chi connectivity index (χ1) is 6.11. The summed E-state index contributed by atoms with van der Waals surface area (Å²) in [5.74, 6) is 0.468. The van der Waals surface area contributed by atoms with Crippen LogP contribution in [0, 0.1) is 5.92 Å². The summed E-state index contributed by atoms with van der Waals surface area (Å²) in [6, 6.07) is 0. The van der Waals surface area contributed by atoms with Crippen LogP contribution in [0.5, 0.6) is 0 Å². The minimum atomic E-state index is -0.0796. The molecule has 1 unspecified atom stereocenters. The topological polar surface area (TPSA) is 32.7 Å². The molecule has 1 N–H and O–H groups in total. The van der Waals surface area contributed by atoms with Gasteiger partial charge in [0.1, 0.15) is 0 Å². The van der Waals surface area contributed by atoms with Gasteiger partial charge in [0.15, 0.2) is 0 Å². The Morgan fingerprint density at radius 2 is 1.92 bits per heavy atom. The molecule has 1 aliphatic rings. The molecule has 0 aromatic carbocycles. The standard InChI is InChI=1S/C10H21NO2/c1-9(2)10(3,8-12)11-4-6-13-7-5-11/h9,12H,4-8H2,1-3H3. The molecule has 1 heterocycles. The molecule has 0 saturated carbocycles. The lowest BCUT2D eigenvalue weighted by molar-refractivity contribution is -0.0556. The van der Waals surface area contributed by atoms with Crippen molar-refractivity contribution in [3.05, 3.63) is 0 Å². The van der Waals surface area contributed by atoms with Crippen molar-refractivity contribution in [3.8, 4) is 0 Å². The third-order valence-corrected chi connectivity index (χ3v) is 3.30. The van der Waals surface area contributed by atoms with E-state index in [4.69, 9.17) is 4.74 Å². The number of hydrogen-bond acceptors (Lipinski definition) is 3. The minimum Gasteiger partial charge on any atom is -0.394 e. The van der Waals surface area contributed by atoms with Crippen LogP contribution >= 0.6 is 0 Å². The Bertz CT molecular complexity index is 155. The first-order valence-electron chi connectivity index (χ1n) is 5.05. The Morgan fingerprint density at radius 1 is 1.38 bits per heavy atom. The van der Waals surface area contributed by atoms with E-state index in [0.717, 1.165) is 26.3 Å². The monoisotopic (exact) mass is 187 g/mol. The highest BCUT2D eigenvalue weighted by atomic mass is 16.5. The van der Waals surface area contributed by atoms with Gasteiger partial charge in [-0.15, -0.1) is 0 Å². The van der Waals surface area contributed by atoms with Gasteiger partial charge in [0.25, 0.3) is 0 Å². The van der Waals surface area contributed by atoms with Crippen LogP contribution in [0.15, 0.2) is 0 Å². The van der Waals surface area contributed by atoms with Gasteiger partial charge in [-0.25, -0.2) is 0 Å². The molecule has 78 valence electrons. The average Bonchev–Trinajstić information content (AvgIpc) is 2.17. The summed E-state index contributed by atoms with van der Waals surface area (Å²) in [4.78, 5) is 2.33. The van der Waals surface area contributed by atoms with Crippen molar-refractivity contribution in [1.29, 1.82) is 0 Å². The van der Waals surface area contributed by atoms with Gasteiger partial charge < -0.3 is 9.84 Å². The number of hydrogen-bond donors (Lipinski definition) is 1. The summed E-state index contributed by atoms with van der Waals surface area (Å²) in [6.07, 6.45) is 0. The number of aliphatic hydroxyl groups is 1. The first-order valence-corrected chi connectivity index (χ1v) is 5.05. The molecule has 0 aliphatic carbocycles. The first kappa shape index (κ1) is 11.0. The maximum absolute atomic E-state index is 9.43. The number of morpholine rings is 1. The van der Waals surface area contributed by atoms with E-state index in [1.54, 1.807) is 0 Å². The Morgan fingerprint density at radius 3 is 2.31 bits per heavy atom. The smallest absolute Gasteiger partial charge is 0.0615 e. The van der Waals surface area contributed by atoms with Gasteiger partial charge in [0, 0.05) is 18.6 Å². The predicted octanol–water partition coefficient (Wildman–Crippen LogP) is 0.726. The van der Waals surface area contributed by atoms with Crippen LogP contribution in [0.3, 0.4) is 0 Å². The van der Waals surface area contributed by atoms with Crippen LogP contribution < -0.4 is 0 Å². The van der Waals surface area contributed by atoms with E-state index in [1.807, 2.05) is 0 Å². The van der Waals surface area contributed by atoms with Crippen molar-refractivity contribution in [2.45, 2.75) is 26.3 Å². The number of aliphatic hydroxyl groups excluding tert-OH is 1. The molecule has 1 fully saturated rings. The van der Waals surface area contributed by atoms with Crippen LogP contribution in [0.2, 0.25) is 0 Å². The lowest BCUT2D eigenvalue weighted by atomic mass is 9.87. The second kappa shape index (κ2) is 4.40. The summed E-state index contributed by atoms with van der Waals surface area (Å²) in [5.41, 5.74) is -0.0796. The molecular weight excluding hydrogens is 166 g/mol. The van der Waals surface area contributed by atoms with Crippen molar-refractivity contribution < 1.29 is 9.84 Å². The van der Waals surface area contributed by atoms with Crippen molar-refractivity contribution in [3.63, 3.8) is 0 Å². The van der Waals surface area contributed by atoms with Gasteiger partial charge in [-0.1, -0.05) is 13.8 Å². The Labute approximate surface area is 80.7 Å². The quantitative estimate of drug-likeness (QED) is 0.707. The van der Waals surface area contributed by atoms with Gasteiger partial charge in [-0.2, -0.15) is 0 Å². The summed E-state index contributed by atoms with van der Waals surface area (Å²) in [5, 5.41) is 9.43. The summed E-state index contributed by atoms with van der Waals surface area (Å²) >= 11 is 0. The van der Waals surface area contributed by atoms with Crippen LogP contribution in [-0.4, -0.2) is 48.5 Å². The van der Waals surface area contributed by atoms with Crippen LogP contribution in [-0.2, 0) is 4.74 Å². The maximum atomic E-state index is 9.43. The molecule has 0 aromatic rings. The molecule has 1 rings (SSSR count). The fraction of sp³-hybridized carbons (Fsp3) is 1.00. The van der Waals surface area contributed by atoms with E-state index < -0.39 is 0 Å². The largest absolute Gasteiger partial charge is 0.394 e. The van der Waals surface area contributed by atoms with E-state index in [0.29, 0.717) is 5.92 Å². The van der Waals surface area contributed by atoms with E-state index in [-0.39, 0.29) is 12.1 Å². The van der Waals surface area contributed by atoms with Crippen LogP contribution in [0.4, 0.5) is 0 Å². The molecule has 1 atom stereocenters. The zero-order valence-corrected chi connectivity index (χ0v) is 8.92. The Balaban J connectivity index is 2.62. The van der Waals surface area contributed by atoms with Gasteiger partial charge in [0.2, 0.25) is 0 Å². The van der Waals surface area contributed by atoms with Gasteiger partial charge in [-0.3, -0.25) is 4.90 Å². The van der Waals surface area contributed by atoms with Crippen molar-refractivity contribution in [2.75, 3.05) is 32.9 Å². The number of nitrogens with zero attached hydrogens (tertiary/aromatic N) is 1. The fourth-order valence-electron chi connectivity index (χ4n) is 1.72. The van der Waals surface area contributed by atoms with Gasteiger partial charge in [-0.05, 0) is 12.8 Å². The molecule has 0 aromatic heterocycles. The second-order valence-electron chi connectivity index (χ2n) is 4.27. The average molecular weight is 187 g/mol. The summed E-state index contributed by atoms with van der Waals surface area (Å²) in [7, 11) is 0. The van der Waals surface area contributed by atoms with E-state index >= 15 is 0 Å². The molecule has 1 aliphatic heterocycles. The summed E-state index contributed by atoms with van der Waals surface area (Å²) in [6.45, 7) is 10.1. The highest BCUT2D eigenvalue weighted by Crippen LogP contribution is 2.24. The van der Waals surface area contributed by atoms with E-state index in [2.05, 4.69) is 25.7 Å². The number of ether oxygens (including phenoxy) is 1. The molecule has 1 saturated heterocycles. The maximum Gasteiger partial charge on any atom is 0.0615 e. The third kappa shape index (κ3) is 2.22. The molecule has 0 radical (unpaired) electrons. The van der Waals surface area contributed by atoms with Gasteiger partial charge >= 0.3 is 0 Å². The molecule has 3 nitrogen and oxygen atoms in total. The van der Waals surface area contributed by atoms with Crippen molar-refractivity contribution >= 4 is 0 Å². The zero-order valence-electron chi connectivity index (χ0n) is 8.92. The zero-order chi connectivity index (χ0) is 9.90. The highest BCUT2D eigenvalue weighted by Gasteiger charge is 2.35. The minimum absolute atomic E-state index is 0.0796. The molecule has 0 amide bonds. The Hall–Kier alpha value is -0.120. The second-order valence-corrected chi connectivity index (χ2v) is 4.27. The number of rotatable bonds is 3. The van der Waals surface area contributed by atoms with Crippen LogP contribution in [0.1, 0.15) is 20.8 Å². The van der Waals surface area contributed by atoms with E-state index in [9.17, 15) is 5.11 Å². The predicted molar refractivity (Wildman–Crippen MR) is 52.7 cm³/mol. The van der Waals surface area contributed by atoms with Gasteiger partial charge in [0.05, 0.1) is 19.8 Å². The highest BCUT2D eigenvalue weighted by molar-refractivity contribution is 4.89. The van der Waals surface area contributed by atoms with E-state index in [1.165, 1.54) is 0 Å². The Kier molecular flexibility index (Phi) is 3.71. The SMILES string of the molecule is CC(C)C(C)(CO)N1CCOCC1. The summed E-state index contributed by atoms with van der Waals surface area (Å²) < 4.78 is 5.30. The fourth-order valence-corrected chi connectivity index (χ4v) is 1.72. The third-order valence-electron chi connectivity index (χ3n) is 3.30. The lowest BCUT2D eigenvalue weighted by Gasteiger charge is -2.45. The van der Waals surface area contributed by atoms with Crippen molar-refractivity contribution in [2.24, 2.45) is 5.92 Å². The molecular formula is C10H21NO2. The lowest BCUT2D eigenvalue weighted by Crippen LogP contribution is -2.56. The molecule has 0 spiro atoms. The normalized spacial score (nSPS) is 24.7. The van der Waals surface area contributed by atoms with Crippen LogP contribution in [0.25, 0.3) is 0 Å². The molecule has 0 bridgehead atoms.